The van der Waals surface area contributed by atoms with Crippen molar-refractivity contribution in [2.24, 2.45) is 5.41 Å². The predicted octanol–water partition coefficient (Wildman–Crippen LogP) is 1.87. The number of nitrogens with one attached hydrogen (secondary N) is 2. The molecule has 1 saturated carbocycles. The smallest absolute Gasteiger partial charge is 0.131 e. The molecule has 2 rings (SSSR count). The summed E-state index contributed by atoms with van der Waals surface area (Å²) in [5.41, 5.74) is 0.302. The third-order valence-corrected chi connectivity index (χ3v) is 3.47. The van der Waals surface area contributed by atoms with Crippen LogP contribution in [0.15, 0.2) is 12.4 Å². The van der Waals surface area contributed by atoms with Crippen LogP contribution in [0.2, 0.25) is 0 Å². The van der Waals surface area contributed by atoms with E-state index >= 15 is 0 Å². The molecule has 1 aromatic heterocycles. The molecule has 0 bridgehead atoms. The molecule has 1 aliphatic rings. The van der Waals surface area contributed by atoms with Crippen LogP contribution in [-0.2, 0) is 0 Å². The molecule has 0 unspecified atom stereocenters. The van der Waals surface area contributed by atoms with Gasteiger partial charge in [0.15, 0.2) is 0 Å². The van der Waals surface area contributed by atoms with E-state index in [0.29, 0.717) is 5.41 Å². The molecule has 1 aromatic rings. The van der Waals surface area contributed by atoms with Gasteiger partial charge in [-0.1, -0.05) is 6.92 Å². The van der Waals surface area contributed by atoms with E-state index in [-0.39, 0.29) is 6.61 Å². The molecule has 0 atom stereocenters. The van der Waals surface area contributed by atoms with E-state index in [1.807, 2.05) is 6.07 Å². The summed E-state index contributed by atoms with van der Waals surface area (Å²) in [6.07, 6.45) is 5.93. The van der Waals surface area contributed by atoms with Crippen molar-refractivity contribution in [3.05, 3.63) is 12.4 Å². The molecule has 0 saturated heterocycles. The number of nitrogens with zero attached hydrogens (tertiary/aromatic N) is 2. The number of aliphatic hydroxyl groups excluding tert-OH is 1. The van der Waals surface area contributed by atoms with E-state index in [1.54, 1.807) is 6.33 Å². The maximum atomic E-state index is 9.02. The lowest BCUT2D eigenvalue weighted by Crippen LogP contribution is -2.17. The minimum atomic E-state index is 0.273. The highest BCUT2D eigenvalue weighted by Crippen LogP contribution is 2.48. The van der Waals surface area contributed by atoms with Gasteiger partial charge in [-0.25, -0.2) is 9.97 Å². The summed E-state index contributed by atoms with van der Waals surface area (Å²) in [5, 5.41) is 15.6. The Morgan fingerprint density at radius 3 is 2.61 bits per heavy atom. The van der Waals surface area contributed by atoms with Crippen LogP contribution in [0.1, 0.15) is 32.6 Å². The van der Waals surface area contributed by atoms with Gasteiger partial charge in [0.25, 0.3) is 0 Å². The van der Waals surface area contributed by atoms with E-state index in [2.05, 4.69) is 27.5 Å². The third kappa shape index (κ3) is 3.57. The number of rotatable bonds is 8. The molecule has 0 amide bonds. The summed E-state index contributed by atoms with van der Waals surface area (Å²) in [7, 11) is 0. The second-order valence-electron chi connectivity index (χ2n) is 5.04. The molecule has 5 heteroatoms. The van der Waals surface area contributed by atoms with Crippen molar-refractivity contribution in [2.75, 3.05) is 30.3 Å². The number of hydrogen-bond donors (Lipinski definition) is 3. The average molecular weight is 250 g/mol. The van der Waals surface area contributed by atoms with Crippen LogP contribution < -0.4 is 10.6 Å². The van der Waals surface area contributed by atoms with Crippen LogP contribution in [0, 0.1) is 5.41 Å². The highest BCUT2D eigenvalue weighted by molar-refractivity contribution is 5.46. The number of anilines is 2. The van der Waals surface area contributed by atoms with Crippen molar-refractivity contribution >= 4 is 11.6 Å². The van der Waals surface area contributed by atoms with Gasteiger partial charge >= 0.3 is 0 Å². The minimum Gasteiger partial charge on any atom is -0.396 e. The molecule has 3 N–H and O–H groups in total. The van der Waals surface area contributed by atoms with Gasteiger partial charge in [0.05, 0.1) is 0 Å². The molecular formula is C13H22N4O. The van der Waals surface area contributed by atoms with E-state index in [4.69, 9.17) is 5.11 Å². The standard InChI is InChI=1S/C13H22N4O/c1-2-6-14-11-8-12(17-10-16-11)15-9-13(3-4-13)5-7-18/h8,10,18H,2-7,9H2,1H3,(H2,14,15,16,17). The zero-order chi connectivity index (χ0) is 12.8. The first-order chi connectivity index (χ1) is 8.78. The van der Waals surface area contributed by atoms with Crippen LogP contribution in [0.4, 0.5) is 11.6 Å². The van der Waals surface area contributed by atoms with Crippen molar-refractivity contribution in [1.29, 1.82) is 0 Å². The van der Waals surface area contributed by atoms with Crippen molar-refractivity contribution < 1.29 is 5.11 Å². The lowest BCUT2D eigenvalue weighted by Gasteiger charge is -2.15. The molecule has 1 fully saturated rings. The van der Waals surface area contributed by atoms with E-state index in [9.17, 15) is 0 Å². The molecule has 5 nitrogen and oxygen atoms in total. The van der Waals surface area contributed by atoms with Crippen LogP contribution in [0.5, 0.6) is 0 Å². The second kappa shape index (κ2) is 6.00. The Bertz CT molecular complexity index is 379. The van der Waals surface area contributed by atoms with Gasteiger partial charge in [0.1, 0.15) is 18.0 Å². The molecule has 0 spiro atoms. The fraction of sp³-hybridized carbons (Fsp3) is 0.692. The number of aromatic nitrogens is 2. The van der Waals surface area contributed by atoms with Gasteiger partial charge in [0.2, 0.25) is 0 Å². The quantitative estimate of drug-likeness (QED) is 0.657. The van der Waals surface area contributed by atoms with E-state index in [0.717, 1.165) is 37.6 Å². The number of hydrogen-bond acceptors (Lipinski definition) is 5. The Morgan fingerprint density at radius 1 is 1.28 bits per heavy atom. The maximum Gasteiger partial charge on any atom is 0.131 e. The summed E-state index contributed by atoms with van der Waals surface area (Å²) < 4.78 is 0. The predicted molar refractivity (Wildman–Crippen MR) is 72.7 cm³/mol. The van der Waals surface area contributed by atoms with Gasteiger partial charge in [-0.3, -0.25) is 0 Å². The van der Waals surface area contributed by atoms with Crippen molar-refractivity contribution in [3.63, 3.8) is 0 Å². The molecular weight excluding hydrogens is 228 g/mol. The fourth-order valence-corrected chi connectivity index (χ4v) is 2.01. The maximum absolute atomic E-state index is 9.02. The highest BCUT2D eigenvalue weighted by Gasteiger charge is 2.41. The Morgan fingerprint density at radius 2 is 2.00 bits per heavy atom. The molecule has 1 aliphatic carbocycles. The zero-order valence-electron chi connectivity index (χ0n) is 10.9. The van der Waals surface area contributed by atoms with Gasteiger partial charge in [0, 0.05) is 25.8 Å². The highest BCUT2D eigenvalue weighted by atomic mass is 16.3. The Balaban J connectivity index is 1.85. The summed E-state index contributed by atoms with van der Waals surface area (Å²) in [6, 6.07) is 1.94. The number of aliphatic hydroxyl groups is 1. The Kier molecular flexibility index (Phi) is 4.36. The zero-order valence-corrected chi connectivity index (χ0v) is 10.9. The van der Waals surface area contributed by atoms with E-state index < -0.39 is 0 Å². The Hall–Kier alpha value is -1.36. The van der Waals surface area contributed by atoms with Gasteiger partial charge in [-0.2, -0.15) is 0 Å². The van der Waals surface area contributed by atoms with Gasteiger partial charge in [-0.15, -0.1) is 0 Å². The summed E-state index contributed by atoms with van der Waals surface area (Å²) in [5.74, 6) is 1.72. The Labute approximate surface area is 108 Å². The SMILES string of the molecule is CCCNc1cc(NCC2(CCO)CC2)ncn1. The molecule has 0 aromatic carbocycles. The van der Waals surface area contributed by atoms with Crippen molar-refractivity contribution in [2.45, 2.75) is 32.6 Å². The molecule has 100 valence electrons. The second-order valence-corrected chi connectivity index (χ2v) is 5.04. The van der Waals surface area contributed by atoms with Gasteiger partial charge < -0.3 is 15.7 Å². The summed E-state index contributed by atoms with van der Waals surface area (Å²) in [4.78, 5) is 8.38. The monoisotopic (exact) mass is 250 g/mol. The first kappa shape index (κ1) is 13.1. The third-order valence-electron chi connectivity index (χ3n) is 3.47. The largest absolute Gasteiger partial charge is 0.396 e. The first-order valence-electron chi connectivity index (χ1n) is 6.69. The normalized spacial score (nSPS) is 16.3. The van der Waals surface area contributed by atoms with E-state index in [1.165, 1.54) is 12.8 Å². The lowest BCUT2D eigenvalue weighted by molar-refractivity contribution is 0.253. The lowest BCUT2D eigenvalue weighted by atomic mass is 10.0. The van der Waals surface area contributed by atoms with Crippen LogP contribution in [0.25, 0.3) is 0 Å². The molecule has 0 aliphatic heterocycles. The van der Waals surface area contributed by atoms with Crippen molar-refractivity contribution in [3.8, 4) is 0 Å². The fourth-order valence-electron chi connectivity index (χ4n) is 2.01. The van der Waals surface area contributed by atoms with Crippen LogP contribution in [-0.4, -0.2) is 34.8 Å². The molecule has 18 heavy (non-hydrogen) atoms. The van der Waals surface area contributed by atoms with Gasteiger partial charge in [-0.05, 0) is 31.1 Å². The minimum absolute atomic E-state index is 0.273. The molecule has 0 radical (unpaired) electrons. The van der Waals surface area contributed by atoms with Crippen molar-refractivity contribution in [1.82, 2.24) is 9.97 Å². The van der Waals surface area contributed by atoms with Crippen LogP contribution in [0.3, 0.4) is 0 Å². The summed E-state index contributed by atoms with van der Waals surface area (Å²) in [6.45, 7) is 4.20. The topological polar surface area (TPSA) is 70.1 Å². The molecule has 1 heterocycles. The summed E-state index contributed by atoms with van der Waals surface area (Å²) >= 11 is 0. The van der Waals surface area contributed by atoms with Crippen LogP contribution >= 0.6 is 0 Å². The average Bonchev–Trinajstić information content (AvgIpc) is 3.15. The first-order valence-corrected chi connectivity index (χ1v) is 6.69.